The Morgan fingerprint density at radius 3 is 2.72 bits per heavy atom. The molecule has 0 unspecified atom stereocenters. The van der Waals surface area contributed by atoms with E-state index in [0.29, 0.717) is 30.2 Å². The number of rotatable bonds is 8. The van der Waals surface area contributed by atoms with Crippen LogP contribution < -0.4 is 4.74 Å². The second kappa shape index (κ2) is 8.27. The van der Waals surface area contributed by atoms with Crippen LogP contribution in [0.15, 0.2) is 6.33 Å². The van der Waals surface area contributed by atoms with Crippen molar-refractivity contribution in [2.24, 2.45) is 5.92 Å². The Kier molecular flexibility index (Phi) is 6.98. The Labute approximate surface area is 114 Å². The third kappa shape index (κ3) is 5.19. The smallest absolute Gasteiger partial charge is 0.221 e. The Balaban J connectivity index is 2.44. The van der Waals surface area contributed by atoms with Gasteiger partial charge in [0, 0.05) is 6.61 Å². The van der Waals surface area contributed by atoms with Gasteiger partial charge >= 0.3 is 0 Å². The van der Waals surface area contributed by atoms with E-state index in [9.17, 15) is 0 Å². The lowest BCUT2D eigenvalue weighted by Crippen LogP contribution is -2.12. The zero-order valence-corrected chi connectivity index (χ0v) is 12.0. The van der Waals surface area contributed by atoms with E-state index in [-0.39, 0.29) is 0 Å². The predicted octanol–water partition coefficient (Wildman–Crippen LogP) is 3.13. The molecule has 1 rings (SSSR count). The Hall–Kier alpha value is -0.870. The highest BCUT2D eigenvalue weighted by Crippen LogP contribution is 2.23. The van der Waals surface area contributed by atoms with Gasteiger partial charge in [-0.15, -0.1) is 0 Å². The molecule has 4 nitrogen and oxygen atoms in total. The lowest BCUT2D eigenvalue weighted by molar-refractivity contribution is 0.0802. The summed E-state index contributed by atoms with van der Waals surface area (Å²) in [5.41, 5.74) is 0.880. The van der Waals surface area contributed by atoms with Gasteiger partial charge in [0.15, 0.2) is 0 Å². The van der Waals surface area contributed by atoms with E-state index in [1.807, 2.05) is 0 Å². The fourth-order valence-corrected chi connectivity index (χ4v) is 1.70. The molecule has 0 saturated carbocycles. The molecule has 1 aromatic rings. The lowest BCUT2D eigenvalue weighted by atomic mass is 10.2. The molecule has 1 heterocycles. The van der Waals surface area contributed by atoms with Gasteiger partial charge in [0.2, 0.25) is 5.88 Å². The third-order valence-corrected chi connectivity index (χ3v) is 2.60. The number of aromatic nitrogens is 2. The maximum Gasteiger partial charge on any atom is 0.221 e. The molecule has 0 spiro atoms. The maximum atomic E-state index is 6.03. The summed E-state index contributed by atoms with van der Waals surface area (Å²) in [6.45, 7) is 8.10. The number of hydrogen-bond donors (Lipinski definition) is 0. The molecular weight excluding hydrogens is 252 g/mol. The molecule has 18 heavy (non-hydrogen) atoms. The SMILES string of the molecule is CCCc1c(Cl)ncnc1OCCOCC(C)C. The molecule has 0 aromatic carbocycles. The van der Waals surface area contributed by atoms with E-state index in [1.165, 1.54) is 6.33 Å². The zero-order chi connectivity index (χ0) is 13.4. The Morgan fingerprint density at radius 2 is 2.06 bits per heavy atom. The topological polar surface area (TPSA) is 44.2 Å². The first-order valence-corrected chi connectivity index (χ1v) is 6.72. The molecule has 0 fully saturated rings. The van der Waals surface area contributed by atoms with Crippen LogP contribution >= 0.6 is 11.6 Å². The van der Waals surface area contributed by atoms with Crippen molar-refractivity contribution in [3.8, 4) is 5.88 Å². The van der Waals surface area contributed by atoms with Gasteiger partial charge in [-0.25, -0.2) is 9.97 Å². The van der Waals surface area contributed by atoms with Crippen LogP contribution in [0.5, 0.6) is 5.88 Å². The first kappa shape index (κ1) is 15.2. The van der Waals surface area contributed by atoms with Crippen LogP contribution in [0.1, 0.15) is 32.8 Å². The monoisotopic (exact) mass is 272 g/mol. The number of nitrogens with zero attached hydrogens (tertiary/aromatic N) is 2. The predicted molar refractivity (Wildman–Crippen MR) is 72.2 cm³/mol. The zero-order valence-electron chi connectivity index (χ0n) is 11.3. The fourth-order valence-electron chi connectivity index (χ4n) is 1.48. The van der Waals surface area contributed by atoms with E-state index < -0.39 is 0 Å². The highest BCUT2D eigenvalue weighted by molar-refractivity contribution is 6.30. The van der Waals surface area contributed by atoms with Crippen molar-refractivity contribution in [3.63, 3.8) is 0 Å². The van der Waals surface area contributed by atoms with Crippen LogP contribution in [0.2, 0.25) is 5.15 Å². The summed E-state index contributed by atoms with van der Waals surface area (Å²) < 4.78 is 11.0. The summed E-state index contributed by atoms with van der Waals surface area (Å²) in [5.74, 6) is 1.11. The molecule has 0 aliphatic heterocycles. The van der Waals surface area contributed by atoms with Crippen LogP contribution in [-0.2, 0) is 11.2 Å². The molecule has 0 amide bonds. The van der Waals surface area contributed by atoms with Crippen molar-refractivity contribution in [3.05, 3.63) is 17.0 Å². The van der Waals surface area contributed by atoms with Crippen LogP contribution in [0.25, 0.3) is 0 Å². The van der Waals surface area contributed by atoms with E-state index in [0.717, 1.165) is 25.0 Å². The molecule has 0 N–H and O–H groups in total. The number of ether oxygens (including phenoxy) is 2. The first-order valence-electron chi connectivity index (χ1n) is 6.35. The molecular formula is C13H21ClN2O2. The summed E-state index contributed by atoms with van der Waals surface area (Å²) in [6.07, 6.45) is 3.22. The molecule has 0 aliphatic carbocycles. The molecule has 102 valence electrons. The standard InChI is InChI=1S/C13H21ClN2O2/c1-4-5-11-12(14)15-9-16-13(11)18-7-6-17-8-10(2)3/h9-10H,4-8H2,1-3H3. The van der Waals surface area contributed by atoms with Gasteiger partial charge in [0.1, 0.15) is 18.1 Å². The minimum Gasteiger partial charge on any atom is -0.475 e. The lowest BCUT2D eigenvalue weighted by Gasteiger charge is -2.11. The van der Waals surface area contributed by atoms with Gasteiger partial charge in [-0.3, -0.25) is 0 Å². The molecule has 0 radical (unpaired) electrons. The van der Waals surface area contributed by atoms with Gasteiger partial charge in [-0.1, -0.05) is 38.8 Å². The summed E-state index contributed by atoms with van der Waals surface area (Å²) in [6, 6.07) is 0. The Morgan fingerprint density at radius 1 is 1.28 bits per heavy atom. The van der Waals surface area contributed by atoms with Crippen molar-refractivity contribution in [2.45, 2.75) is 33.6 Å². The van der Waals surface area contributed by atoms with E-state index >= 15 is 0 Å². The highest BCUT2D eigenvalue weighted by atomic mass is 35.5. The van der Waals surface area contributed by atoms with Gasteiger partial charge in [-0.2, -0.15) is 0 Å². The third-order valence-electron chi connectivity index (χ3n) is 2.27. The van der Waals surface area contributed by atoms with Crippen LogP contribution in [0.3, 0.4) is 0 Å². The minimum atomic E-state index is 0.477. The van der Waals surface area contributed by atoms with Crippen molar-refractivity contribution < 1.29 is 9.47 Å². The summed E-state index contributed by atoms with van der Waals surface area (Å²) in [5, 5.41) is 0.477. The molecule has 1 aromatic heterocycles. The molecule has 0 atom stereocenters. The van der Waals surface area contributed by atoms with Crippen molar-refractivity contribution in [2.75, 3.05) is 19.8 Å². The van der Waals surface area contributed by atoms with Crippen LogP contribution in [-0.4, -0.2) is 29.8 Å². The van der Waals surface area contributed by atoms with Gasteiger partial charge < -0.3 is 9.47 Å². The first-order chi connectivity index (χ1) is 8.65. The van der Waals surface area contributed by atoms with Crippen LogP contribution in [0, 0.1) is 5.92 Å². The molecule has 0 aliphatic rings. The second-order valence-corrected chi connectivity index (χ2v) is 4.87. The molecule has 0 bridgehead atoms. The van der Waals surface area contributed by atoms with E-state index in [2.05, 4.69) is 30.7 Å². The second-order valence-electron chi connectivity index (χ2n) is 4.52. The Bertz CT molecular complexity index is 359. The number of halogens is 1. The van der Waals surface area contributed by atoms with Gasteiger partial charge in [0.05, 0.1) is 12.2 Å². The average Bonchev–Trinajstić information content (AvgIpc) is 2.32. The molecule has 5 heteroatoms. The quantitative estimate of drug-likeness (QED) is 0.539. The van der Waals surface area contributed by atoms with Crippen molar-refractivity contribution >= 4 is 11.6 Å². The summed E-state index contributed by atoms with van der Waals surface area (Å²) in [4.78, 5) is 8.09. The van der Waals surface area contributed by atoms with Gasteiger partial charge in [-0.05, 0) is 12.3 Å². The largest absolute Gasteiger partial charge is 0.475 e. The summed E-state index contributed by atoms with van der Waals surface area (Å²) in [7, 11) is 0. The van der Waals surface area contributed by atoms with Crippen LogP contribution in [0.4, 0.5) is 0 Å². The maximum absolute atomic E-state index is 6.03. The molecule has 0 saturated heterocycles. The normalized spacial score (nSPS) is 10.9. The van der Waals surface area contributed by atoms with Gasteiger partial charge in [0.25, 0.3) is 0 Å². The highest BCUT2D eigenvalue weighted by Gasteiger charge is 2.10. The van der Waals surface area contributed by atoms with Crippen molar-refractivity contribution in [1.82, 2.24) is 9.97 Å². The minimum absolute atomic E-state index is 0.477. The summed E-state index contributed by atoms with van der Waals surface area (Å²) >= 11 is 6.03. The average molecular weight is 273 g/mol. The van der Waals surface area contributed by atoms with Crippen molar-refractivity contribution in [1.29, 1.82) is 0 Å². The van der Waals surface area contributed by atoms with E-state index in [4.69, 9.17) is 21.1 Å². The van der Waals surface area contributed by atoms with E-state index in [1.54, 1.807) is 0 Å². The fraction of sp³-hybridized carbons (Fsp3) is 0.692. The number of hydrogen-bond acceptors (Lipinski definition) is 4.